The molecule has 1 N–H and O–H groups in total. The van der Waals surface area contributed by atoms with Gasteiger partial charge in [0.05, 0.1) is 13.0 Å². The molecule has 1 aliphatic rings. The van der Waals surface area contributed by atoms with Crippen LogP contribution in [-0.2, 0) is 30.6 Å². The van der Waals surface area contributed by atoms with E-state index in [0.29, 0.717) is 6.42 Å². The molecule has 0 aromatic carbocycles. The molecule has 11 heavy (non-hydrogen) atoms. The zero-order valence-electron chi connectivity index (χ0n) is 6.24. The fraction of sp³-hybridized carbons (Fsp3) is 0.571. The molecule has 1 rings (SSSR count). The van der Waals surface area contributed by atoms with Crippen molar-refractivity contribution >= 4 is 5.97 Å². The van der Waals surface area contributed by atoms with Crippen LogP contribution < -0.4 is 0 Å². The molecule has 0 radical (unpaired) electrons. The van der Waals surface area contributed by atoms with E-state index in [4.69, 9.17) is 5.73 Å². The first kappa shape index (κ1) is 10.9. The van der Waals surface area contributed by atoms with E-state index >= 15 is 0 Å². The first-order valence-electron chi connectivity index (χ1n) is 3.21. The molecule has 2 unspecified atom stereocenters. The first-order valence-corrected chi connectivity index (χ1v) is 3.21. The van der Waals surface area contributed by atoms with Crippen molar-refractivity contribution in [2.24, 2.45) is 5.92 Å². The molecule has 0 aliphatic heterocycles. The molecular weight excluding hydrogens is 314 g/mol. The van der Waals surface area contributed by atoms with Crippen LogP contribution in [0.25, 0.3) is 5.73 Å². The SMILES string of the molecule is COC(=O)C1C=CC([NH-])C1.[W]. The molecule has 0 aromatic rings. The van der Waals surface area contributed by atoms with E-state index in [-0.39, 0.29) is 39.0 Å². The van der Waals surface area contributed by atoms with Crippen LogP contribution in [0.3, 0.4) is 0 Å². The largest absolute Gasteiger partial charge is 0.671 e. The van der Waals surface area contributed by atoms with Gasteiger partial charge in [-0.15, -0.1) is 12.1 Å². The fourth-order valence-electron chi connectivity index (χ4n) is 1.03. The Morgan fingerprint density at radius 1 is 1.64 bits per heavy atom. The summed E-state index contributed by atoms with van der Waals surface area (Å²) in [6, 6.07) is -0.218. The molecule has 0 saturated heterocycles. The second-order valence-electron chi connectivity index (χ2n) is 2.36. The molecule has 0 saturated carbocycles. The third-order valence-electron chi connectivity index (χ3n) is 1.59. The average Bonchev–Trinajstić information content (AvgIpc) is 2.34. The fourth-order valence-corrected chi connectivity index (χ4v) is 1.03. The average molecular weight is 324 g/mol. The van der Waals surface area contributed by atoms with Crippen LogP contribution in [0.1, 0.15) is 6.42 Å². The van der Waals surface area contributed by atoms with Crippen molar-refractivity contribution in [2.45, 2.75) is 12.5 Å². The van der Waals surface area contributed by atoms with Gasteiger partial charge in [-0.2, -0.15) is 0 Å². The van der Waals surface area contributed by atoms with Crippen molar-refractivity contribution in [3.8, 4) is 0 Å². The Morgan fingerprint density at radius 2 is 2.27 bits per heavy atom. The molecule has 1 aliphatic carbocycles. The first-order chi connectivity index (χ1) is 4.74. The van der Waals surface area contributed by atoms with Gasteiger partial charge in [-0.3, -0.25) is 4.79 Å². The third kappa shape index (κ3) is 2.76. The second kappa shape index (κ2) is 4.68. The van der Waals surface area contributed by atoms with Gasteiger partial charge in [-0.05, 0) is 6.42 Å². The minimum absolute atomic E-state index is 0. The maximum atomic E-state index is 10.8. The second-order valence-corrected chi connectivity index (χ2v) is 2.36. The summed E-state index contributed by atoms with van der Waals surface area (Å²) in [7, 11) is 1.37. The summed E-state index contributed by atoms with van der Waals surface area (Å²) in [5, 5.41) is 0. The molecule has 62 valence electrons. The van der Waals surface area contributed by atoms with Crippen molar-refractivity contribution < 1.29 is 30.6 Å². The summed E-state index contributed by atoms with van der Waals surface area (Å²) >= 11 is 0. The van der Waals surface area contributed by atoms with Crippen molar-refractivity contribution in [1.82, 2.24) is 0 Å². The predicted octanol–water partition coefficient (Wildman–Crippen LogP) is 1.15. The van der Waals surface area contributed by atoms with Gasteiger partial charge in [0.15, 0.2) is 0 Å². The van der Waals surface area contributed by atoms with Crippen LogP contribution >= 0.6 is 0 Å². The van der Waals surface area contributed by atoms with Crippen LogP contribution in [-0.4, -0.2) is 19.1 Å². The van der Waals surface area contributed by atoms with E-state index < -0.39 is 0 Å². The van der Waals surface area contributed by atoms with E-state index in [0.717, 1.165) is 0 Å². The Bertz CT molecular complexity index is 170. The number of carbonyl (C=O) groups excluding carboxylic acids is 1. The van der Waals surface area contributed by atoms with E-state index in [9.17, 15) is 4.79 Å². The van der Waals surface area contributed by atoms with Gasteiger partial charge in [0.2, 0.25) is 0 Å². The Hall–Kier alpha value is -0.142. The summed E-state index contributed by atoms with van der Waals surface area (Å²) < 4.78 is 4.51. The zero-order chi connectivity index (χ0) is 7.56. The van der Waals surface area contributed by atoms with E-state index in [1.54, 1.807) is 12.2 Å². The molecular formula is C7H10NO2W-. The molecule has 0 aromatic heterocycles. The third-order valence-corrected chi connectivity index (χ3v) is 1.59. The molecule has 0 fully saturated rings. The van der Waals surface area contributed by atoms with Gasteiger partial charge in [0.25, 0.3) is 0 Å². The number of nitrogens with one attached hydrogen (secondary N) is 1. The Kier molecular flexibility index (Phi) is 4.62. The molecule has 3 nitrogen and oxygen atoms in total. The van der Waals surface area contributed by atoms with Gasteiger partial charge >= 0.3 is 5.97 Å². The quantitative estimate of drug-likeness (QED) is 0.537. The molecule has 4 heteroatoms. The smallest absolute Gasteiger partial charge is 0.312 e. The van der Waals surface area contributed by atoms with Gasteiger partial charge in [0.1, 0.15) is 0 Å². The standard InChI is InChI=1S/C7H10NO2.W/c1-10-7(9)5-2-3-6(8)4-5;/h2-3,5-6,8H,4H2,1H3;/q-1;. The monoisotopic (exact) mass is 324 g/mol. The van der Waals surface area contributed by atoms with Crippen molar-refractivity contribution in [2.75, 3.05) is 7.11 Å². The predicted molar refractivity (Wildman–Crippen MR) is 37.4 cm³/mol. The number of hydrogen-bond donors (Lipinski definition) is 0. The van der Waals surface area contributed by atoms with Gasteiger partial charge < -0.3 is 10.5 Å². The van der Waals surface area contributed by atoms with Gasteiger partial charge in [0, 0.05) is 21.1 Å². The minimum Gasteiger partial charge on any atom is -0.671 e. The molecule has 0 bridgehead atoms. The number of ether oxygens (including phenoxy) is 1. The number of rotatable bonds is 1. The maximum Gasteiger partial charge on any atom is 0.312 e. The van der Waals surface area contributed by atoms with Crippen LogP contribution in [0, 0.1) is 5.92 Å². The number of esters is 1. The van der Waals surface area contributed by atoms with Crippen molar-refractivity contribution in [3.63, 3.8) is 0 Å². The Balaban J connectivity index is 0.000001000. The van der Waals surface area contributed by atoms with E-state index in [2.05, 4.69) is 4.74 Å². The summed E-state index contributed by atoms with van der Waals surface area (Å²) in [6.07, 6.45) is 4.04. The van der Waals surface area contributed by atoms with Crippen LogP contribution in [0.2, 0.25) is 0 Å². The topological polar surface area (TPSA) is 50.1 Å². The molecule has 0 heterocycles. The van der Waals surface area contributed by atoms with Crippen LogP contribution in [0.4, 0.5) is 0 Å². The molecule has 2 atom stereocenters. The minimum atomic E-state index is -0.231. The molecule has 0 spiro atoms. The van der Waals surface area contributed by atoms with Gasteiger partial charge in [-0.25, -0.2) is 0 Å². The number of hydrogen-bond acceptors (Lipinski definition) is 2. The maximum absolute atomic E-state index is 10.8. The number of carbonyl (C=O) groups is 1. The Morgan fingerprint density at radius 3 is 2.64 bits per heavy atom. The molecule has 0 amide bonds. The van der Waals surface area contributed by atoms with Crippen LogP contribution in [0.15, 0.2) is 12.2 Å². The van der Waals surface area contributed by atoms with E-state index in [1.165, 1.54) is 7.11 Å². The normalized spacial score (nSPS) is 27.8. The summed E-state index contributed by atoms with van der Waals surface area (Å²) in [5.74, 6) is -0.404. The van der Waals surface area contributed by atoms with Gasteiger partial charge in [-0.1, -0.05) is 6.08 Å². The summed E-state index contributed by atoms with van der Waals surface area (Å²) in [4.78, 5) is 10.8. The zero-order valence-corrected chi connectivity index (χ0v) is 9.17. The van der Waals surface area contributed by atoms with Crippen LogP contribution in [0.5, 0.6) is 0 Å². The van der Waals surface area contributed by atoms with E-state index in [1.807, 2.05) is 0 Å². The summed E-state index contributed by atoms with van der Waals surface area (Å²) in [5.41, 5.74) is 7.24. The Labute approximate surface area is 80.2 Å². The van der Waals surface area contributed by atoms with Crippen molar-refractivity contribution in [3.05, 3.63) is 17.9 Å². The number of methoxy groups -OCH3 is 1. The van der Waals surface area contributed by atoms with Crippen molar-refractivity contribution in [1.29, 1.82) is 0 Å². The summed E-state index contributed by atoms with van der Waals surface area (Å²) in [6.45, 7) is 0.